The van der Waals surface area contributed by atoms with Crippen LogP contribution in [0.15, 0.2) is 17.1 Å². The number of hydrogen-bond donors (Lipinski definition) is 0. The van der Waals surface area contributed by atoms with Gasteiger partial charge in [-0.05, 0) is 35.8 Å². The molecule has 1 aromatic carbocycles. The molecule has 0 saturated carbocycles. The van der Waals surface area contributed by atoms with Crippen molar-refractivity contribution in [2.24, 2.45) is 4.99 Å². The van der Waals surface area contributed by atoms with Crippen LogP contribution in [-0.2, 0) is 0 Å². The summed E-state index contributed by atoms with van der Waals surface area (Å²) in [4.78, 5) is 3.62. The Bertz CT molecular complexity index is 397. The highest BCUT2D eigenvalue weighted by atomic mass is 35.5. The highest BCUT2D eigenvalue weighted by Gasteiger charge is 2.10. The van der Waals surface area contributed by atoms with Gasteiger partial charge in [0.25, 0.3) is 0 Å². The molecule has 0 atom stereocenters. The first kappa shape index (κ1) is 11.3. The highest BCUT2D eigenvalue weighted by Crippen LogP contribution is 2.30. The van der Waals surface area contributed by atoms with Gasteiger partial charge in [-0.2, -0.15) is 4.99 Å². The van der Waals surface area contributed by atoms with Crippen LogP contribution in [0.5, 0.6) is 0 Å². The monoisotopic (exact) mass is 229 g/mol. The minimum Gasteiger partial charge on any atom is -0.205 e. The molecule has 0 aliphatic heterocycles. The molecule has 0 N–H and O–H groups in total. The molecule has 0 spiro atoms. The van der Waals surface area contributed by atoms with Gasteiger partial charge in [0.05, 0.1) is 5.16 Å². The van der Waals surface area contributed by atoms with E-state index < -0.39 is 5.82 Å². The predicted octanol–water partition coefficient (Wildman–Crippen LogP) is 4.34. The number of rotatable bonds is 2. The van der Waals surface area contributed by atoms with Crippen LogP contribution in [-0.4, -0.2) is 5.16 Å². The van der Waals surface area contributed by atoms with Gasteiger partial charge in [-0.1, -0.05) is 25.4 Å². The van der Waals surface area contributed by atoms with Crippen molar-refractivity contribution in [2.75, 3.05) is 0 Å². The summed E-state index contributed by atoms with van der Waals surface area (Å²) in [6.45, 7) is 3.95. The fraction of sp³-hybridized carbons (Fsp3) is 0.300. The third kappa shape index (κ3) is 2.38. The van der Waals surface area contributed by atoms with E-state index in [0.717, 1.165) is 5.56 Å². The van der Waals surface area contributed by atoms with Gasteiger partial charge in [-0.15, -0.1) is 0 Å². The fourth-order valence-electron chi connectivity index (χ4n) is 1.13. The van der Waals surface area contributed by atoms with E-state index in [9.17, 15) is 4.39 Å². The minimum atomic E-state index is -0.475. The van der Waals surface area contributed by atoms with Crippen LogP contribution >= 0.6 is 23.8 Å². The first-order chi connectivity index (χ1) is 6.56. The minimum absolute atomic E-state index is 0.188. The Morgan fingerprint density at radius 1 is 1.50 bits per heavy atom. The number of nitrogens with zero attached hydrogens (tertiary/aromatic N) is 1. The molecule has 1 aromatic rings. The summed E-state index contributed by atoms with van der Waals surface area (Å²) < 4.78 is 13.2. The lowest BCUT2D eigenvalue weighted by atomic mass is 10.0. The molecule has 0 unspecified atom stereocenters. The molecule has 14 heavy (non-hydrogen) atoms. The summed E-state index contributed by atoms with van der Waals surface area (Å²) >= 11 is 10.3. The largest absolute Gasteiger partial charge is 0.205 e. The van der Waals surface area contributed by atoms with Crippen molar-refractivity contribution >= 4 is 34.7 Å². The molecule has 1 rings (SSSR count). The Morgan fingerprint density at radius 3 is 2.64 bits per heavy atom. The maximum absolute atomic E-state index is 13.2. The predicted molar refractivity (Wildman–Crippen MR) is 60.2 cm³/mol. The van der Waals surface area contributed by atoms with Crippen LogP contribution in [0.25, 0.3) is 0 Å². The average Bonchev–Trinajstić information content (AvgIpc) is 2.09. The Kier molecular flexibility index (Phi) is 3.76. The van der Waals surface area contributed by atoms with Gasteiger partial charge in [-0.3, -0.25) is 0 Å². The van der Waals surface area contributed by atoms with Crippen molar-refractivity contribution < 1.29 is 4.39 Å². The van der Waals surface area contributed by atoms with Gasteiger partial charge in [0.2, 0.25) is 0 Å². The first-order valence-corrected chi connectivity index (χ1v) is 4.91. The summed E-state index contributed by atoms with van der Waals surface area (Å²) in [5.41, 5.74) is 1.05. The molecule has 4 heteroatoms. The molecule has 0 aliphatic carbocycles. The summed E-state index contributed by atoms with van der Waals surface area (Å²) in [7, 11) is 0. The van der Waals surface area contributed by atoms with Gasteiger partial charge in [0, 0.05) is 5.02 Å². The lowest BCUT2D eigenvalue weighted by molar-refractivity contribution is 0.628. The second kappa shape index (κ2) is 4.65. The number of thiocarbonyl (C=S) groups is 1. The lowest BCUT2D eigenvalue weighted by Gasteiger charge is -2.08. The van der Waals surface area contributed by atoms with E-state index in [1.165, 1.54) is 6.07 Å². The van der Waals surface area contributed by atoms with Crippen molar-refractivity contribution in [1.29, 1.82) is 0 Å². The third-order valence-electron chi connectivity index (χ3n) is 1.85. The topological polar surface area (TPSA) is 12.4 Å². The molecule has 0 fully saturated rings. The number of aliphatic imine (C=N–C) groups is 1. The molecule has 0 bridgehead atoms. The maximum atomic E-state index is 13.2. The summed E-state index contributed by atoms with van der Waals surface area (Å²) in [6.07, 6.45) is 0. The van der Waals surface area contributed by atoms with Gasteiger partial charge in [-0.25, -0.2) is 4.39 Å². The SMILES string of the molecule is CC(C)c1cc(N=C=S)c(F)cc1Cl. The zero-order valence-electron chi connectivity index (χ0n) is 7.84. The molecule has 0 amide bonds. The molecule has 0 heterocycles. The van der Waals surface area contributed by atoms with E-state index in [1.54, 1.807) is 6.07 Å². The second-order valence-corrected chi connectivity index (χ2v) is 3.77. The smallest absolute Gasteiger partial charge is 0.151 e. The molecule has 0 aromatic heterocycles. The number of halogens is 2. The van der Waals surface area contributed by atoms with Crippen LogP contribution in [0, 0.1) is 5.82 Å². The maximum Gasteiger partial charge on any atom is 0.151 e. The molecule has 0 radical (unpaired) electrons. The quantitative estimate of drug-likeness (QED) is 0.543. The van der Waals surface area contributed by atoms with E-state index in [0.29, 0.717) is 5.02 Å². The van der Waals surface area contributed by atoms with Crippen molar-refractivity contribution in [3.05, 3.63) is 28.5 Å². The van der Waals surface area contributed by atoms with E-state index in [-0.39, 0.29) is 11.6 Å². The Balaban J connectivity index is 3.34. The average molecular weight is 230 g/mol. The van der Waals surface area contributed by atoms with Crippen molar-refractivity contribution in [2.45, 2.75) is 19.8 Å². The Hall–Kier alpha value is -0.760. The van der Waals surface area contributed by atoms with Crippen LogP contribution in [0.3, 0.4) is 0 Å². The number of hydrogen-bond acceptors (Lipinski definition) is 2. The Labute approximate surface area is 92.6 Å². The first-order valence-electron chi connectivity index (χ1n) is 4.13. The molecular weight excluding hydrogens is 221 g/mol. The standard InChI is InChI=1S/C10H9ClFNS/c1-6(2)7-3-10(13-5-14)9(12)4-8(7)11/h3-4,6H,1-2H3. The normalized spacial score (nSPS) is 10.1. The molecule has 0 saturated heterocycles. The molecule has 1 nitrogen and oxygen atoms in total. The Morgan fingerprint density at radius 2 is 2.14 bits per heavy atom. The van der Waals surface area contributed by atoms with Crippen LogP contribution in [0.2, 0.25) is 5.02 Å². The highest BCUT2D eigenvalue weighted by molar-refractivity contribution is 7.78. The zero-order valence-corrected chi connectivity index (χ0v) is 9.42. The summed E-state index contributed by atoms with van der Waals surface area (Å²) in [6, 6.07) is 2.85. The van der Waals surface area contributed by atoms with Crippen molar-refractivity contribution in [3.63, 3.8) is 0 Å². The zero-order chi connectivity index (χ0) is 10.7. The number of isothiocyanates is 1. The van der Waals surface area contributed by atoms with Crippen LogP contribution < -0.4 is 0 Å². The third-order valence-corrected chi connectivity index (χ3v) is 2.27. The molecule has 0 aliphatic rings. The molecule has 74 valence electrons. The fourth-order valence-corrected chi connectivity index (χ4v) is 1.60. The lowest BCUT2D eigenvalue weighted by Crippen LogP contribution is -1.90. The number of benzene rings is 1. The van der Waals surface area contributed by atoms with Crippen molar-refractivity contribution in [3.8, 4) is 0 Å². The van der Waals surface area contributed by atoms with Crippen LogP contribution in [0.1, 0.15) is 25.3 Å². The second-order valence-electron chi connectivity index (χ2n) is 3.18. The van der Waals surface area contributed by atoms with Gasteiger partial charge in [0.1, 0.15) is 5.69 Å². The van der Waals surface area contributed by atoms with E-state index in [1.807, 2.05) is 13.8 Å². The summed E-state index contributed by atoms with van der Waals surface area (Å²) in [5, 5.41) is 2.55. The van der Waals surface area contributed by atoms with Crippen LogP contribution in [0.4, 0.5) is 10.1 Å². The van der Waals surface area contributed by atoms with Gasteiger partial charge >= 0.3 is 0 Å². The van der Waals surface area contributed by atoms with Gasteiger partial charge < -0.3 is 0 Å². The van der Waals surface area contributed by atoms with E-state index >= 15 is 0 Å². The summed E-state index contributed by atoms with van der Waals surface area (Å²) in [5.74, 6) is -0.251. The van der Waals surface area contributed by atoms with Crippen molar-refractivity contribution in [1.82, 2.24) is 0 Å². The van der Waals surface area contributed by atoms with Gasteiger partial charge in [0.15, 0.2) is 5.82 Å². The van der Waals surface area contributed by atoms with E-state index in [4.69, 9.17) is 11.6 Å². The molecular formula is C10H9ClFNS. The van der Waals surface area contributed by atoms with E-state index in [2.05, 4.69) is 22.4 Å².